The molecule has 0 aromatic heterocycles. The van der Waals surface area contributed by atoms with Crippen LogP contribution >= 0.6 is 15.9 Å². The number of carbonyl (C=O) groups is 2. The number of amides is 1. The van der Waals surface area contributed by atoms with E-state index in [1.165, 1.54) is 11.8 Å². The van der Waals surface area contributed by atoms with Gasteiger partial charge < -0.3 is 14.8 Å². The first-order valence-electron chi connectivity index (χ1n) is 4.82. The summed E-state index contributed by atoms with van der Waals surface area (Å²) in [6, 6.07) is 4.42. The third-order valence-electron chi connectivity index (χ3n) is 2.64. The Labute approximate surface area is 101 Å². The summed E-state index contributed by atoms with van der Waals surface area (Å²) in [6.07, 6.45) is 0.242. The van der Waals surface area contributed by atoms with Crippen LogP contribution in [0.2, 0.25) is 0 Å². The van der Waals surface area contributed by atoms with Crippen molar-refractivity contribution in [1.29, 1.82) is 0 Å². The zero-order valence-electron chi connectivity index (χ0n) is 8.57. The van der Waals surface area contributed by atoms with Gasteiger partial charge in [0.2, 0.25) is 5.91 Å². The van der Waals surface area contributed by atoms with Crippen molar-refractivity contribution in [3.05, 3.63) is 28.2 Å². The average molecular weight is 283 g/mol. The van der Waals surface area contributed by atoms with Gasteiger partial charge >= 0.3 is 0 Å². The van der Waals surface area contributed by atoms with E-state index in [2.05, 4.69) is 15.9 Å². The Balaban J connectivity index is 2.44. The smallest absolute Gasteiger partial charge is 0.232 e. The standard InChI is InChI=1S/C11H10BrNO3/c1-6(11(15)16)13-9-3-2-8(12)4-7(9)5-10(13)14/h2-4,6H,5H2,1H3,(H,15,16)/p-1/t6-/m0/s1. The van der Waals surface area contributed by atoms with Gasteiger partial charge in [-0.3, -0.25) is 4.79 Å². The van der Waals surface area contributed by atoms with Crippen LogP contribution in [0, 0.1) is 0 Å². The van der Waals surface area contributed by atoms with Crippen molar-refractivity contribution in [2.75, 3.05) is 4.90 Å². The minimum absolute atomic E-state index is 0.204. The normalized spacial score (nSPS) is 16.1. The molecule has 1 aliphatic heterocycles. The van der Waals surface area contributed by atoms with Crippen LogP contribution in [0.25, 0.3) is 0 Å². The Kier molecular flexibility index (Phi) is 2.71. The van der Waals surface area contributed by atoms with E-state index in [4.69, 9.17) is 0 Å². The summed E-state index contributed by atoms with van der Waals surface area (Å²) < 4.78 is 0.877. The van der Waals surface area contributed by atoms with Gasteiger partial charge in [-0.25, -0.2) is 0 Å². The number of carbonyl (C=O) groups excluding carboxylic acids is 2. The van der Waals surface area contributed by atoms with Gasteiger partial charge in [0, 0.05) is 10.2 Å². The number of fused-ring (bicyclic) bond motifs is 1. The maximum atomic E-state index is 11.7. The van der Waals surface area contributed by atoms with Crippen molar-refractivity contribution in [1.82, 2.24) is 0 Å². The van der Waals surface area contributed by atoms with Gasteiger partial charge in [-0.2, -0.15) is 0 Å². The highest BCUT2D eigenvalue weighted by molar-refractivity contribution is 9.10. The molecule has 4 nitrogen and oxygen atoms in total. The Bertz CT molecular complexity index is 472. The fourth-order valence-corrected chi connectivity index (χ4v) is 2.25. The molecule has 0 aliphatic carbocycles. The Morgan fingerprint density at radius 3 is 2.88 bits per heavy atom. The van der Waals surface area contributed by atoms with Crippen molar-refractivity contribution in [2.45, 2.75) is 19.4 Å². The third-order valence-corrected chi connectivity index (χ3v) is 3.13. The van der Waals surface area contributed by atoms with E-state index in [-0.39, 0.29) is 12.3 Å². The predicted molar refractivity (Wildman–Crippen MR) is 59.8 cm³/mol. The van der Waals surface area contributed by atoms with Crippen LogP contribution in [-0.2, 0) is 16.0 Å². The van der Waals surface area contributed by atoms with Crippen LogP contribution in [0.1, 0.15) is 12.5 Å². The molecule has 0 bridgehead atoms. The maximum absolute atomic E-state index is 11.7. The summed E-state index contributed by atoms with van der Waals surface area (Å²) in [5, 5.41) is 10.8. The number of hydrogen-bond acceptors (Lipinski definition) is 3. The third kappa shape index (κ3) is 1.71. The Morgan fingerprint density at radius 2 is 2.25 bits per heavy atom. The monoisotopic (exact) mass is 282 g/mol. The largest absolute Gasteiger partial charge is 0.548 e. The lowest BCUT2D eigenvalue weighted by atomic mass is 10.2. The second-order valence-corrected chi connectivity index (χ2v) is 4.62. The van der Waals surface area contributed by atoms with Crippen molar-refractivity contribution < 1.29 is 14.7 Å². The van der Waals surface area contributed by atoms with E-state index < -0.39 is 12.0 Å². The fraction of sp³-hybridized carbons (Fsp3) is 0.273. The molecule has 5 heteroatoms. The molecule has 0 saturated heterocycles. The van der Waals surface area contributed by atoms with Crippen molar-refractivity contribution in [3.8, 4) is 0 Å². The van der Waals surface area contributed by atoms with Gasteiger partial charge in [-0.1, -0.05) is 15.9 Å². The second-order valence-electron chi connectivity index (χ2n) is 3.71. The average Bonchev–Trinajstić information content (AvgIpc) is 2.51. The summed E-state index contributed by atoms with van der Waals surface area (Å²) in [5.74, 6) is -1.45. The molecule has 1 amide bonds. The summed E-state index contributed by atoms with van der Waals surface area (Å²) >= 11 is 3.31. The number of carboxylic acids is 1. The molecule has 1 aliphatic rings. The maximum Gasteiger partial charge on any atom is 0.232 e. The van der Waals surface area contributed by atoms with Crippen LogP contribution in [0.15, 0.2) is 22.7 Å². The highest BCUT2D eigenvalue weighted by atomic mass is 79.9. The van der Waals surface area contributed by atoms with Crippen LogP contribution in [-0.4, -0.2) is 17.9 Å². The molecule has 1 aromatic rings. The van der Waals surface area contributed by atoms with Gasteiger partial charge in [0.1, 0.15) is 0 Å². The van der Waals surface area contributed by atoms with E-state index in [1.807, 2.05) is 6.07 Å². The number of rotatable bonds is 2. The molecule has 0 spiro atoms. The number of aliphatic carboxylic acids is 1. The molecule has 84 valence electrons. The fourth-order valence-electron chi connectivity index (χ4n) is 1.84. The van der Waals surface area contributed by atoms with Crippen molar-refractivity contribution >= 4 is 33.5 Å². The van der Waals surface area contributed by atoms with Crippen LogP contribution in [0.4, 0.5) is 5.69 Å². The van der Waals surface area contributed by atoms with Gasteiger partial charge in [-0.15, -0.1) is 0 Å². The highest BCUT2D eigenvalue weighted by Gasteiger charge is 2.31. The molecule has 0 fully saturated rings. The summed E-state index contributed by atoms with van der Waals surface area (Å²) in [7, 11) is 0. The van der Waals surface area contributed by atoms with E-state index in [0.29, 0.717) is 5.69 Å². The SMILES string of the molecule is C[C@@H](C(=O)[O-])N1C(=O)Cc2cc(Br)ccc21. The molecule has 1 heterocycles. The summed E-state index contributed by atoms with van der Waals surface area (Å²) in [4.78, 5) is 23.8. The number of benzene rings is 1. The predicted octanol–water partition coefficient (Wildman–Crippen LogP) is 0.477. The molecule has 2 rings (SSSR count). The molecule has 0 unspecified atom stereocenters. The second kappa shape index (κ2) is 3.90. The van der Waals surface area contributed by atoms with Crippen molar-refractivity contribution in [2.24, 2.45) is 0 Å². The Morgan fingerprint density at radius 1 is 1.56 bits per heavy atom. The first-order valence-corrected chi connectivity index (χ1v) is 5.61. The highest BCUT2D eigenvalue weighted by Crippen LogP contribution is 2.32. The molecule has 16 heavy (non-hydrogen) atoms. The molecule has 0 N–H and O–H groups in total. The number of halogens is 1. The first kappa shape index (κ1) is 11.1. The van der Waals surface area contributed by atoms with E-state index >= 15 is 0 Å². The van der Waals surface area contributed by atoms with Crippen LogP contribution in [0.3, 0.4) is 0 Å². The van der Waals surface area contributed by atoms with Gasteiger partial charge in [-0.05, 0) is 30.7 Å². The van der Waals surface area contributed by atoms with Crippen LogP contribution < -0.4 is 10.0 Å². The molecular formula is C11H9BrNO3-. The minimum Gasteiger partial charge on any atom is -0.548 e. The zero-order valence-corrected chi connectivity index (χ0v) is 10.2. The van der Waals surface area contributed by atoms with Gasteiger partial charge in [0.15, 0.2) is 0 Å². The molecule has 0 radical (unpaired) electrons. The number of hydrogen-bond donors (Lipinski definition) is 0. The molecule has 0 saturated carbocycles. The van der Waals surface area contributed by atoms with E-state index in [9.17, 15) is 14.7 Å². The molecular weight excluding hydrogens is 274 g/mol. The number of nitrogens with zero attached hydrogens (tertiary/aromatic N) is 1. The van der Waals surface area contributed by atoms with Gasteiger partial charge in [0.05, 0.1) is 18.4 Å². The summed E-state index contributed by atoms with van der Waals surface area (Å²) in [5.41, 5.74) is 1.50. The lowest BCUT2D eigenvalue weighted by Gasteiger charge is -2.26. The van der Waals surface area contributed by atoms with E-state index in [1.54, 1.807) is 12.1 Å². The zero-order chi connectivity index (χ0) is 11.9. The molecule has 1 atom stereocenters. The number of carboxylic acid groups (broad SMARTS) is 1. The number of anilines is 1. The lowest BCUT2D eigenvalue weighted by Crippen LogP contribution is -2.47. The minimum atomic E-state index is -1.25. The quantitative estimate of drug-likeness (QED) is 0.793. The summed E-state index contributed by atoms with van der Waals surface area (Å²) in [6.45, 7) is 1.45. The molecule has 1 aromatic carbocycles. The van der Waals surface area contributed by atoms with E-state index in [0.717, 1.165) is 10.0 Å². The Hall–Kier alpha value is -1.36. The topological polar surface area (TPSA) is 60.4 Å². The first-order chi connectivity index (χ1) is 7.50. The van der Waals surface area contributed by atoms with Crippen molar-refractivity contribution in [3.63, 3.8) is 0 Å². The van der Waals surface area contributed by atoms with Crippen LogP contribution in [0.5, 0.6) is 0 Å². The lowest BCUT2D eigenvalue weighted by molar-refractivity contribution is -0.306. The van der Waals surface area contributed by atoms with Gasteiger partial charge in [0.25, 0.3) is 0 Å².